The van der Waals surface area contributed by atoms with Gasteiger partial charge in [0.05, 0.1) is 5.69 Å². The molecule has 2 rings (SSSR count). The van der Waals surface area contributed by atoms with E-state index in [1.54, 1.807) is 18.2 Å². The Bertz CT molecular complexity index is 663. The Morgan fingerprint density at radius 2 is 1.90 bits per heavy atom. The molecule has 0 aliphatic heterocycles. The van der Waals surface area contributed by atoms with Gasteiger partial charge in [0.2, 0.25) is 5.95 Å². The third-order valence-corrected chi connectivity index (χ3v) is 3.36. The third kappa shape index (κ3) is 3.98. The molecule has 2 N–H and O–H groups in total. The van der Waals surface area contributed by atoms with Crippen LogP contribution < -0.4 is 10.6 Å². The molecule has 0 spiro atoms. The van der Waals surface area contributed by atoms with Crippen molar-refractivity contribution >= 4 is 45.0 Å². The molecule has 0 fully saturated rings. The molecule has 0 saturated heterocycles. The van der Waals surface area contributed by atoms with Gasteiger partial charge in [-0.25, -0.2) is 4.98 Å². The van der Waals surface area contributed by atoms with Crippen molar-refractivity contribution in [2.24, 2.45) is 0 Å². The molecule has 9 heteroatoms. The highest BCUT2D eigenvalue weighted by molar-refractivity contribution is 9.10. The highest BCUT2D eigenvalue weighted by atomic mass is 79.9. The van der Waals surface area contributed by atoms with Crippen LogP contribution in [0.1, 0.15) is 5.69 Å². The number of aromatic nitrogens is 2. The maximum Gasteiger partial charge on any atom is 0.433 e. The van der Waals surface area contributed by atoms with Crippen molar-refractivity contribution in [1.82, 2.24) is 9.97 Å². The summed E-state index contributed by atoms with van der Waals surface area (Å²) in [6.45, 7) is 0. The first-order valence-corrected chi connectivity index (χ1v) is 6.83. The number of benzene rings is 1. The van der Waals surface area contributed by atoms with E-state index in [1.807, 2.05) is 0 Å². The van der Waals surface area contributed by atoms with Crippen molar-refractivity contribution in [2.75, 3.05) is 17.7 Å². The van der Waals surface area contributed by atoms with Crippen molar-refractivity contribution in [1.29, 1.82) is 0 Å². The SMILES string of the molecule is CNc1nc(Nc2cc(Cl)ccc2Br)cc(C(F)(F)F)n1. The van der Waals surface area contributed by atoms with Gasteiger partial charge in [0.25, 0.3) is 0 Å². The van der Waals surface area contributed by atoms with E-state index in [2.05, 4.69) is 36.5 Å². The molecule has 0 bridgehead atoms. The Morgan fingerprint density at radius 1 is 1.19 bits per heavy atom. The zero-order valence-corrected chi connectivity index (χ0v) is 12.9. The number of rotatable bonds is 3. The molecule has 0 saturated carbocycles. The van der Waals surface area contributed by atoms with Crippen LogP contribution in [0.15, 0.2) is 28.7 Å². The van der Waals surface area contributed by atoms with Crippen LogP contribution in [-0.2, 0) is 6.18 Å². The second-order valence-electron chi connectivity index (χ2n) is 3.96. The summed E-state index contributed by atoms with van der Waals surface area (Å²) in [5, 5.41) is 5.71. The molecule has 0 aliphatic rings. The molecule has 0 radical (unpaired) electrons. The smallest absolute Gasteiger partial charge is 0.357 e. The number of hydrogen-bond acceptors (Lipinski definition) is 4. The minimum Gasteiger partial charge on any atom is -0.357 e. The Morgan fingerprint density at radius 3 is 2.52 bits per heavy atom. The first kappa shape index (κ1) is 15.8. The summed E-state index contributed by atoms with van der Waals surface area (Å²) in [6, 6.07) is 5.72. The Hall–Kier alpha value is -1.54. The van der Waals surface area contributed by atoms with Gasteiger partial charge in [-0.05, 0) is 34.1 Å². The van der Waals surface area contributed by atoms with E-state index in [0.717, 1.165) is 6.07 Å². The topological polar surface area (TPSA) is 49.8 Å². The molecule has 1 aromatic heterocycles. The fraction of sp³-hybridized carbons (Fsp3) is 0.167. The molecule has 0 amide bonds. The molecule has 2 aromatic rings. The largest absolute Gasteiger partial charge is 0.433 e. The standard InChI is InChI=1S/C12H9BrClF3N4/c1-18-11-20-9(12(15,16)17)5-10(21-11)19-8-4-6(14)2-3-7(8)13/h2-5H,1H3,(H2,18,19,20,21). The molecule has 21 heavy (non-hydrogen) atoms. The zero-order chi connectivity index (χ0) is 15.6. The Balaban J connectivity index is 2.42. The molecular weight excluding hydrogens is 373 g/mol. The van der Waals surface area contributed by atoms with Gasteiger partial charge in [-0.15, -0.1) is 0 Å². The molecular formula is C12H9BrClF3N4. The van der Waals surface area contributed by atoms with Crippen molar-refractivity contribution < 1.29 is 13.2 Å². The lowest BCUT2D eigenvalue weighted by molar-refractivity contribution is -0.141. The van der Waals surface area contributed by atoms with Crippen molar-refractivity contribution in [2.45, 2.75) is 6.18 Å². The number of nitrogens with zero attached hydrogens (tertiary/aromatic N) is 2. The summed E-state index contributed by atoms with van der Waals surface area (Å²) >= 11 is 9.14. The van der Waals surface area contributed by atoms with E-state index >= 15 is 0 Å². The highest BCUT2D eigenvalue weighted by Gasteiger charge is 2.33. The number of alkyl halides is 3. The highest BCUT2D eigenvalue weighted by Crippen LogP contribution is 2.32. The summed E-state index contributed by atoms with van der Waals surface area (Å²) in [5.74, 6) is -0.130. The second-order valence-corrected chi connectivity index (χ2v) is 5.25. The second kappa shape index (κ2) is 6.07. The molecule has 0 atom stereocenters. The molecule has 1 aromatic carbocycles. The average molecular weight is 382 g/mol. The van der Waals surface area contributed by atoms with Gasteiger partial charge in [-0.3, -0.25) is 0 Å². The van der Waals surface area contributed by atoms with E-state index in [4.69, 9.17) is 11.6 Å². The predicted molar refractivity (Wildman–Crippen MR) is 79.0 cm³/mol. The van der Waals surface area contributed by atoms with Gasteiger partial charge in [0.15, 0.2) is 5.69 Å². The fourth-order valence-corrected chi connectivity index (χ4v) is 2.02. The Labute approximate surface area is 131 Å². The van der Waals surface area contributed by atoms with Crippen LogP contribution in [0.2, 0.25) is 5.02 Å². The average Bonchev–Trinajstić information content (AvgIpc) is 2.41. The van der Waals surface area contributed by atoms with E-state index in [1.165, 1.54) is 7.05 Å². The summed E-state index contributed by atoms with van der Waals surface area (Å²) in [4.78, 5) is 7.31. The van der Waals surface area contributed by atoms with Gasteiger partial charge in [0.1, 0.15) is 5.82 Å². The lowest BCUT2D eigenvalue weighted by atomic mass is 10.3. The number of nitrogens with one attached hydrogen (secondary N) is 2. The van der Waals surface area contributed by atoms with Crippen molar-refractivity contribution in [3.63, 3.8) is 0 Å². The fourth-order valence-electron chi connectivity index (χ4n) is 1.50. The number of halogens is 5. The van der Waals surface area contributed by atoms with Gasteiger partial charge in [0, 0.05) is 22.6 Å². The third-order valence-electron chi connectivity index (χ3n) is 2.43. The van der Waals surface area contributed by atoms with Crippen LogP contribution in [0.4, 0.5) is 30.6 Å². The zero-order valence-electron chi connectivity index (χ0n) is 10.6. The van der Waals surface area contributed by atoms with E-state index in [0.29, 0.717) is 15.2 Å². The van der Waals surface area contributed by atoms with E-state index in [-0.39, 0.29) is 11.8 Å². The van der Waals surface area contributed by atoms with Crippen LogP contribution in [0, 0.1) is 0 Å². The van der Waals surface area contributed by atoms with Crippen LogP contribution in [0.25, 0.3) is 0 Å². The van der Waals surface area contributed by atoms with Gasteiger partial charge < -0.3 is 10.6 Å². The maximum absolute atomic E-state index is 12.8. The lowest BCUT2D eigenvalue weighted by Gasteiger charge is -2.12. The lowest BCUT2D eigenvalue weighted by Crippen LogP contribution is -2.12. The summed E-state index contributed by atoms with van der Waals surface area (Å²) in [5.41, 5.74) is -0.543. The monoisotopic (exact) mass is 380 g/mol. The van der Waals surface area contributed by atoms with Gasteiger partial charge >= 0.3 is 6.18 Å². The number of hydrogen-bond donors (Lipinski definition) is 2. The normalized spacial score (nSPS) is 11.3. The predicted octanol–water partition coefficient (Wildman–Crippen LogP) is 4.70. The van der Waals surface area contributed by atoms with Crippen molar-refractivity contribution in [3.05, 3.63) is 39.5 Å². The molecule has 1 heterocycles. The van der Waals surface area contributed by atoms with Crippen LogP contribution >= 0.6 is 27.5 Å². The molecule has 0 aliphatic carbocycles. The molecule has 4 nitrogen and oxygen atoms in total. The number of anilines is 3. The van der Waals surface area contributed by atoms with Crippen LogP contribution in [-0.4, -0.2) is 17.0 Å². The summed E-state index contributed by atoms with van der Waals surface area (Å²) in [6.07, 6.45) is -4.56. The van der Waals surface area contributed by atoms with Gasteiger partial charge in [-0.2, -0.15) is 18.2 Å². The van der Waals surface area contributed by atoms with Crippen LogP contribution in [0.3, 0.4) is 0 Å². The minimum atomic E-state index is -4.56. The van der Waals surface area contributed by atoms with E-state index < -0.39 is 11.9 Å². The van der Waals surface area contributed by atoms with Gasteiger partial charge in [-0.1, -0.05) is 11.6 Å². The molecule has 112 valence electrons. The summed E-state index contributed by atoms with van der Waals surface area (Å²) in [7, 11) is 1.44. The minimum absolute atomic E-state index is 0.00430. The first-order chi connectivity index (χ1) is 9.79. The maximum atomic E-state index is 12.8. The first-order valence-electron chi connectivity index (χ1n) is 5.65. The Kier molecular flexibility index (Phi) is 4.58. The van der Waals surface area contributed by atoms with Crippen LogP contribution in [0.5, 0.6) is 0 Å². The summed E-state index contributed by atoms with van der Waals surface area (Å²) < 4.78 is 39.0. The van der Waals surface area contributed by atoms with E-state index in [9.17, 15) is 13.2 Å². The molecule has 0 unspecified atom stereocenters. The van der Waals surface area contributed by atoms with Crippen molar-refractivity contribution in [3.8, 4) is 0 Å². The quantitative estimate of drug-likeness (QED) is 0.809.